The quantitative estimate of drug-likeness (QED) is 0.307. The second-order valence-electron chi connectivity index (χ2n) is 13.4. The Balaban J connectivity index is 1.27. The van der Waals surface area contributed by atoms with Crippen molar-refractivity contribution in [1.82, 2.24) is 14.5 Å². The van der Waals surface area contributed by atoms with E-state index in [-0.39, 0.29) is 63.3 Å². The number of methoxy groups -OCH3 is 1. The van der Waals surface area contributed by atoms with Crippen molar-refractivity contribution in [3.63, 3.8) is 0 Å². The topological polar surface area (TPSA) is 139 Å². The number of sulfonamides is 1. The molecule has 0 unspecified atom stereocenters. The third kappa shape index (κ3) is 9.45. The summed E-state index contributed by atoms with van der Waals surface area (Å²) in [7, 11) is -7.49. The van der Waals surface area contributed by atoms with E-state index >= 15 is 4.39 Å². The van der Waals surface area contributed by atoms with Gasteiger partial charge in [0.15, 0.2) is 15.5 Å². The number of sulfone groups is 1. The third-order valence-corrected chi connectivity index (χ3v) is 14.3. The fraction of sp³-hybridized carbons (Fsp3) is 0.515. The van der Waals surface area contributed by atoms with Crippen molar-refractivity contribution in [1.29, 1.82) is 0 Å². The standard InChI is InChI=1S/C33H46FN3O8S2Si/c1-44-27-10-7-9-26(25-27)29-11-5-6-12-30(29)47(42,43)37-20-15-33(34,16-21-37)31(38)35-17-8-23-46(40,41)28-13-18-36(19-14-28)32(39)45-22-24-48(2,3)4/h5-12,23,25,28H,13-22,24H2,1-4H3,(H,35,38)/b23-8+. The summed E-state index contributed by atoms with van der Waals surface area (Å²) in [5, 5.41) is 2.79. The van der Waals surface area contributed by atoms with E-state index in [9.17, 15) is 26.4 Å². The summed E-state index contributed by atoms with van der Waals surface area (Å²) in [5.74, 6) is -0.343. The van der Waals surface area contributed by atoms with Crippen molar-refractivity contribution in [3.05, 3.63) is 60.0 Å². The van der Waals surface area contributed by atoms with E-state index in [4.69, 9.17) is 9.47 Å². The minimum atomic E-state index is -4.01. The van der Waals surface area contributed by atoms with Crippen LogP contribution >= 0.6 is 0 Å². The van der Waals surface area contributed by atoms with E-state index in [1.54, 1.807) is 42.5 Å². The Morgan fingerprint density at radius 1 is 1.00 bits per heavy atom. The summed E-state index contributed by atoms with van der Waals surface area (Å²) in [6.07, 6.45) is 0.672. The van der Waals surface area contributed by atoms with Crippen LogP contribution in [0.4, 0.5) is 9.18 Å². The molecule has 15 heteroatoms. The van der Waals surface area contributed by atoms with Crippen LogP contribution in [-0.4, -0.2) is 103 Å². The van der Waals surface area contributed by atoms with Gasteiger partial charge >= 0.3 is 6.09 Å². The Kier molecular flexibility index (Phi) is 12.1. The number of benzene rings is 2. The van der Waals surface area contributed by atoms with E-state index in [0.717, 1.165) is 11.5 Å². The zero-order valence-corrected chi connectivity index (χ0v) is 30.6. The van der Waals surface area contributed by atoms with Crippen LogP contribution in [0.5, 0.6) is 5.75 Å². The molecular weight excluding hydrogens is 678 g/mol. The number of ether oxygens (including phenoxy) is 2. The van der Waals surface area contributed by atoms with Crippen LogP contribution in [0.3, 0.4) is 0 Å². The molecule has 11 nitrogen and oxygen atoms in total. The van der Waals surface area contributed by atoms with E-state index < -0.39 is 50.9 Å². The largest absolute Gasteiger partial charge is 0.497 e. The first kappa shape index (κ1) is 37.5. The van der Waals surface area contributed by atoms with Crippen molar-refractivity contribution in [3.8, 4) is 16.9 Å². The van der Waals surface area contributed by atoms with E-state index in [1.807, 2.05) is 0 Å². The van der Waals surface area contributed by atoms with Gasteiger partial charge in [-0.05, 0) is 42.6 Å². The number of nitrogens with one attached hydrogen (secondary N) is 1. The zero-order valence-electron chi connectivity index (χ0n) is 28.0. The fourth-order valence-corrected chi connectivity index (χ4v) is 9.50. The number of rotatable bonds is 12. The van der Waals surface area contributed by atoms with E-state index in [1.165, 1.54) is 28.5 Å². The molecule has 264 valence electrons. The molecule has 2 aliphatic rings. The molecule has 0 spiro atoms. The smallest absolute Gasteiger partial charge is 0.409 e. The van der Waals surface area contributed by atoms with Gasteiger partial charge in [-0.1, -0.05) is 56.0 Å². The van der Waals surface area contributed by atoms with Crippen LogP contribution in [0, 0.1) is 0 Å². The number of hydrogen-bond donors (Lipinski definition) is 1. The molecule has 0 radical (unpaired) electrons. The van der Waals surface area contributed by atoms with Gasteiger partial charge in [0.05, 0.1) is 23.9 Å². The SMILES string of the molecule is COc1cccc(-c2ccccc2S(=O)(=O)N2CCC(F)(C(=O)NC/C=C/S(=O)(=O)C3CCN(C(=O)OCC[Si](C)(C)C)CC3)CC2)c1. The Morgan fingerprint density at radius 3 is 2.31 bits per heavy atom. The fourth-order valence-electron chi connectivity index (χ4n) is 5.67. The number of carbonyl (C=O) groups is 2. The first-order valence-electron chi connectivity index (χ1n) is 16.1. The van der Waals surface area contributed by atoms with Crippen LogP contribution in [-0.2, 0) is 29.4 Å². The monoisotopic (exact) mass is 723 g/mol. The molecule has 0 aliphatic carbocycles. The van der Waals surface area contributed by atoms with Gasteiger partial charge in [0, 0.05) is 64.6 Å². The number of alkyl halides is 1. The lowest BCUT2D eigenvalue weighted by Crippen LogP contribution is -2.52. The molecule has 2 saturated heterocycles. The van der Waals surface area contributed by atoms with Gasteiger partial charge in [-0.15, -0.1) is 0 Å². The maximum atomic E-state index is 15.7. The summed E-state index contributed by atoms with van der Waals surface area (Å²) >= 11 is 0. The normalized spacial score (nSPS) is 18.1. The van der Waals surface area contributed by atoms with Crippen molar-refractivity contribution < 1.29 is 40.3 Å². The minimum absolute atomic E-state index is 0.0727. The van der Waals surface area contributed by atoms with Gasteiger partial charge in [0.1, 0.15) is 5.75 Å². The number of piperidine rings is 2. The predicted octanol–water partition coefficient (Wildman–Crippen LogP) is 4.84. The number of amides is 2. The third-order valence-electron chi connectivity index (χ3n) is 8.72. The molecule has 2 aromatic rings. The highest BCUT2D eigenvalue weighted by Gasteiger charge is 2.44. The van der Waals surface area contributed by atoms with Crippen LogP contribution in [0.15, 0.2) is 64.9 Å². The van der Waals surface area contributed by atoms with Gasteiger partial charge in [0.25, 0.3) is 5.91 Å². The van der Waals surface area contributed by atoms with Crippen LogP contribution in [0.1, 0.15) is 25.7 Å². The molecule has 0 aromatic heterocycles. The summed E-state index contributed by atoms with van der Waals surface area (Å²) in [4.78, 5) is 26.7. The molecule has 1 N–H and O–H groups in total. The molecule has 2 heterocycles. The van der Waals surface area contributed by atoms with Gasteiger partial charge < -0.3 is 19.7 Å². The summed E-state index contributed by atoms with van der Waals surface area (Å²) in [5.41, 5.74) is -1.17. The van der Waals surface area contributed by atoms with Gasteiger partial charge in [-0.2, -0.15) is 4.31 Å². The van der Waals surface area contributed by atoms with Crippen LogP contribution in [0.25, 0.3) is 11.1 Å². The summed E-state index contributed by atoms with van der Waals surface area (Å²) in [6, 6.07) is 14.4. The lowest BCUT2D eigenvalue weighted by atomic mass is 9.93. The number of nitrogens with zero attached hydrogens (tertiary/aromatic N) is 2. The van der Waals surface area contributed by atoms with Gasteiger partial charge in [-0.25, -0.2) is 26.0 Å². The summed E-state index contributed by atoms with van der Waals surface area (Å²) in [6.45, 7) is 6.86. The Morgan fingerprint density at radius 2 is 1.67 bits per heavy atom. The molecular formula is C33H46FN3O8S2Si. The van der Waals surface area contributed by atoms with Crippen molar-refractivity contribution >= 4 is 39.9 Å². The molecule has 0 bridgehead atoms. The highest BCUT2D eigenvalue weighted by atomic mass is 32.2. The van der Waals surface area contributed by atoms with Gasteiger partial charge in [0.2, 0.25) is 10.0 Å². The highest BCUT2D eigenvalue weighted by Crippen LogP contribution is 2.35. The summed E-state index contributed by atoms with van der Waals surface area (Å²) < 4.78 is 80.6. The molecule has 0 saturated carbocycles. The number of halogens is 1. The first-order chi connectivity index (χ1) is 22.6. The Bertz CT molecular complexity index is 1700. The number of likely N-dealkylation sites (tertiary alicyclic amines) is 1. The lowest BCUT2D eigenvalue weighted by molar-refractivity contribution is -0.135. The number of hydrogen-bond acceptors (Lipinski definition) is 8. The average Bonchev–Trinajstić information content (AvgIpc) is 3.06. The van der Waals surface area contributed by atoms with Crippen molar-refractivity contribution in [2.75, 3.05) is 46.4 Å². The van der Waals surface area contributed by atoms with E-state index in [2.05, 4.69) is 25.0 Å². The predicted molar refractivity (Wildman–Crippen MR) is 185 cm³/mol. The molecule has 4 rings (SSSR count). The van der Waals surface area contributed by atoms with Gasteiger partial charge in [-0.3, -0.25) is 4.79 Å². The number of carbonyl (C=O) groups excluding carboxylic acids is 2. The molecule has 2 amide bonds. The second-order valence-corrected chi connectivity index (χ2v) is 23.0. The molecule has 48 heavy (non-hydrogen) atoms. The Labute approximate surface area is 284 Å². The second kappa shape index (κ2) is 15.5. The van der Waals surface area contributed by atoms with Crippen LogP contribution < -0.4 is 10.1 Å². The first-order valence-corrected chi connectivity index (χ1v) is 22.8. The maximum Gasteiger partial charge on any atom is 0.409 e. The van der Waals surface area contributed by atoms with Crippen molar-refractivity contribution in [2.24, 2.45) is 0 Å². The molecule has 2 fully saturated rings. The highest BCUT2D eigenvalue weighted by molar-refractivity contribution is 7.94. The van der Waals surface area contributed by atoms with E-state index in [0.29, 0.717) is 23.5 Å². The molecule has 2 aromatic carbocycles. The maximum absolute atomic E-state index is 15.7. The Hall–Kier alpha value is -3.27. The lowest BCUT2D eigenvalue weighted by Gasteiger charge is -2.34. The average molecular weight is 724 g/mol. The van der Waals surface area contributed by atoms with Crippen molar-refractivity contribution in [2.45, 2.75) is 67.2 Å². The molecule has 2 aliphatic heterocycles. The van der Waals surface area contributed by atoms with Crippen LogP contribution in [0.2, 0.25) is 25.7 Å². The zero-order chi connectivity index (χ0) is 35.2. The molecule has 0 atom stereocenters. The minimum Gasteiger partial charge on any atom is -0.497 e.